The maximum atomic E-state index is 12.7. The maximum Gasteiger partial charge on any atom is 0.358 e. The van der Waals surface area contributed by atoms with Crippen LogP contribution in [0.15, 0.2) is 47.8 Å². The Hall–Kier alpha value is -2.99. The lowest BCUT2D eigenvalue weighted by Gasteiger charge is -2.13. The van der Waals surface area contributed by atoms with E-state index in [9.17, 15) is 9.59 Å². The number of hydrogen-bond acceptors (Lipinski definition) is 6. The predicted molar refractivity (Wildman–Crippen MR) is 109 cm³/mol. The summed E-state index contributed by atoms with van der Waals surface area (Å²) in [5, 5.41) is 2.33. The molecule has 3 rings (SSSR count). The van der Waals surface area contributed by atoms with Gasteiger partial charge in [-0.05, 0) is 56.7 Å². The van der Waals surface area contributed by atoms with E-state index in [2.05, 4.69) is 4.98 Å². The summed E-state index contributed by atoms with van der Waals surface area (Å²) in [6, 6.07) is 13.1. The summed E-state index contributed by atoms with van der Waals surface area (Å²) >= 11 is 1.34. The first-order valence-corrected chi connectivity index (χ1v) is 9.69. The molecule has 0 fully saturated rings. The smallest absolute Gasteiger partial charge is 0.358 e. The molecule has 1 atom stereocenters. The van der Waals surface area contributed by atoms with Crippen LogP contribution < -0.4 is 4.74 Å². The highest BCUT2D eigenvalue weighted by atomic mass is 32.1. The zero-order valence-corrected chi connectivity index (χ0v) is 17.0. The number of thiazole rings is 1. The predicted octanol–water partition coefficient (Wildman–Crippen LogP) is 4.86. The first-order valence-electron chi connectivity index (χ1n) is 8.81. The highest BCUT2D eigenvalue weighted by Gasteiger charge is 2.23. The Labute approximate surface area is 168 Å². The molecular weight excluding hydrogens is 374 g/mol. The standard InChI is InChI=1S/C22H21NO4S/c1-13-5-6-14(2)18(11-13)20(24)15(3)27-22(25)19-12-28-21(23-19)16-7-9-17(26-4)10-8-16/h5-12,15H,1-4H3/t15-/m1/s1. The minimum absolute atomic E-state index is 0.191. The SMILES string of the molecule is COc1ccc(-c2nc(C(=O)O[C@H](C)C(=O)c3cc(C)ccc3C)cs2)cc1. The van der Waals surface area contributed by atoms with Crippen molar-refractivity contribution in [3.05, 3.63) is 70.2 Å². The Kier molecular flexibility index (Phi) is 5.90. The second-order valence-electron chi connectivity index (χ2n) is 6.50. The van der Waals surface area contributed by atoms with Gasteiger partial charge in [0.05, 0.1) is 7.11 Å². The quantitative estimate of drug-likeness (QED) is 0.440. The molecule has 0 aliphatic carbocycles. The zero-order chi connectivity index (χ0) is 20.3. The van der Waals surface area contributed by atoms with Crippen LogP contribution in [0.4, 0.5) is 0 Å². The molecule has 144 valence electrons. The molecule has 0 saturated carbocycles. The summed E-state index contributed by atoms with van der Waals surface area (Å²) in [6.07, 6.45) is -0.890. The second kappa shape index (κ2) is 8.35. The maximum absolute atomic E-state index is 12.7. The number of carbonyl (C=O) groups excluding carboxylic acids is 2. The van der Waals surface area contributed by atoms with Crippen molar-refractivity contribution in [1.29, 1.82) is 0 Å². The molecule has 0 bridgehead atoms. The van der Waals surface area contributed by atoms with Crippen LogP contribution >= 0.6 is 11.3 Å². The second-order valence-corrected chi connectivity index (χ2v) is 7.35. The van der Waals surface area contributed by atoms with E-state index in [-0.39, 0.29) is 11.5 Å². The third-order valence-corrected chi connectivity index (χ3v) is 5.25. The van der Waals surface area contributed by atoms with Crippen molar-refractivity contribution in [2.24, 2.45) is 0 Å². The molecule has 0 unspecified atom stereocenters. The van der Waals surface area contributed by atoms with Gasteiger partial charge < -0.3 is 9.47 Å². The molecule has 0 amide bonds. The van der Waals surface area contributed by atoms with Crippen molar-refractivity contribution < 1.29 is 19.1 Å². The van der Waals surface area contributed by atoms with Gasteiger partial charge >= 0.3 is 5.97 Å². The van der Waals surface area contributed by atoms with Crippen molar-refractivity contribution >= 4 is 23.1 Å². The van der Waals surface area contributed by atoms with E-state index in [0.29, 0.717) is 10.6 Å². The van der Waals surface area contributed by atoms with Crippen molar-refractivity contribution in [2.75, 3.05) is 7.11 Å². The van der Waals surface area contributed by atoms with Gasteiger partial charge in [0.1, 0.15) is 10.8 Å². The molecule has 3 aromatic rings. The largest absolute Gasteiger partial charge is 0.497 e. The van der Waals surface area contributed by atoms with Gasteiger partial charge in [-0.1, -0.05) is 17.7 Å². The summed E-state index contributed by atoms with van der Waals surface area (Å²) in [4.78, 5) is 29.4. The molecular formula is C22H21NO4S. The fraction of sp³-hybridized carbons (Fsp3) is 0.227. The number of ether oxygens (including phenoxy) is 2. The van der Waals surface area contributed by atoms with Crippen molar-refractivity contribution in [2.45, 2.75) is 26.9 Å². The topological polar surface area (TPSA) is 65.5 Å². The fourth-order valence-corrected chi connectivity index (χ4v) is 3.52. The Bertz CT molecular complexity index is 1010. The fourth-order valence-electron chi connectivity index (χ4n) is 2.73. The summed E-state index contributed by atoms with van der Waals surface area (Å²) < 4.78 is 10.5. The number of methoxy groups -OCH3 is 1. The molecule has 5 nitrogen and oxygen atoms in total. The van der Waals surface area contributed by atoms with Gasteiger partial charge in [-0.2, -0.15) is 0 Å². The van der Waals surface area contributed by atoms with Gasteiger partial charge in [0, 0.05) is 16.5 Å². The number of nitrogens with zero attached hydrogens (tertiary/aromatic N) is 1. The number of aromatic nitrogens is 1. The van der Waals surface area contributed by atoms with E-state index in [0.717, 1.165) is 22.4 Å². The minimum Gasteiger partial charge on any atom is -0.497 e. The van der Waals surface area contributed by atoms with Gasteiger partial charge in [0.25, 0.3) is 0 Å². The van der Waals surface area contributed by atoms with Gasteiger partial charge in [-0.15, -0.1) is 11.3 Å². The minimum atomic E-state index is -0.890. The number of esters is 1. The molecule has 0 spiro atoms. The van der Waals surface area contributed by atoms with E-state index < -0.39 is 12.1 Å². The lowest BCUT2D eigenvalue weighted by Crippen LogP contribution is -2.25. The summed E-state index contributed by atoms with van der Waals surface area (Å²) in [5.74, 6) is -0.0824. The van der Waals surface area contributed by atoms with Crippen LogP contribution in [-0.2, 0) is 4.74 Å². The Balaban J connectivity index is 1.71. The number of carbonyl (C=O) groups is 2. The lowest BCUT2D eigenvalue weighted by molar-refractivity contribution is 0.0313. The summed E-state index contributed by atoms with van der Waals surface area (Å²) in [5.41, 5.74) is 3.48. The van der Waals surface area contributed by atoms with Crippen LogP contribution in [-0.4, -0.2) is 30.0 Å². The number of hydrogen-bond donors (Lipinski definition) is 0. The molecule has 28 heavy (non-hydrogen) atoms. The molecule has 0 aliphatic rings. The van der Waals surface area contributed by atoms with Crippen molar-refractivity contribution in [3.63, 3.8) is 0 Å². The Morgan fingerprint density at radius 3 is 2.46 bits per heavy atom. The molecule has 1 heterocycles. The van der Waals surface area contributed by atoms with Crippen LogP contribution in [0.2, 0.25) is 0 Å². The van der Waals surface area contributed by atoms with E-state index in [1.807, 2.05) is 56.3 Å². The first-order chi connectivity index (χ1) is 13.4. The van der Waals surface area contributed by atoms with Gasteiger partial charge in [0.2, 0.25) is 5.78 Å². The average molecular weight is 395 g/mol. The normalized spacial score (nSPS) is 11.7. The number of Topliss-reactive ketones (excluding diaryl/α,β-unsaturated/α-hetero) is 1. The van der Waals surface area contributed by atoms with Gasteiger partial charge in [-0.25, -0.2) is 9.78 Å². The monoisotopic (exact) mass is 395 g/mol. The molecule has 0 saturated heterocycles. The molecule has 1 aromatic heterocycles. The van der Waals surface area contributed by atoms with Crippen LogP contribution in [0, 0.1) is 13.8 Å². The third-order valence-electron chi connectivity index (χ3n) is 4.36. The van der Waals surface area contributed by atoms with Crippen LogP contribution in [0.1, 0.15) is 38.9 Å². The van der Waals surface area contributed by atoms with Crippen LogP contribution in [0.3, 0.4) is 0 Å². The van der Waals surface area contributed by atoms with E-state index in [4.69, 9.17) is 9.47 Å². The molecule has 6 heteroatoms. The van der Waals surface area contributed by atoms with Crippen LogP contribution in [0.25, 0.3) is 10.6 Å². The molecule has 2 aromatic carbocycles. The highest BCUT2D eigenvalue weighted by molar-refractivity contribution is 7.13. The van der Waals surface area contributed by atoms with E-state index >= 15 is 0 Å². The van der Waals surface area contributed by atoms with Gasteiger partial charge in [0.15, 0.2) is 11.8 Å². The van der Waals surface area contributed by atoms with Crippen molar-refractivity contribution in [3.8, 4) is 16.3 Å². The van der Waals surface area contributed by atoms with E-state index in [1.54, 1.807) is 19.4 Å². The Morgan fingerprint density at radius 1 is 1.07 bits per heavy atom. The number of benzene rings is 2. The van der Waals surface area contributed by atoms with Crippen molar-refractivity contribution in [1.82, 2.24) is 4.98 Å². The lowest BCUT2D eigenvalue weighted by atomic mass is 9.99. The molecule has 0 radical (unpaired) electrons. The van der Waals surface area contributed by atoms with E-state index in [1.165, 1.54) is 11.3 Å². The first kappa shape index (κ1) is 19.8. The summed E-state index contributed by atoms with van der Waals surface area (Å²) in [6.45, 7) is 5.37. The zero-order valence-electron chi connectivity index (χ0n) is 16.2. The molecule has 0 aliphatic heterocycles. The third kappa shape index (κ3) is 4.28. The highest BCUT2D eigenvalue weighted by Crippen LogP contribution is 2.26. The van der Waals surface area contributed by atoms with Gasteiger partial charge in [-0.3, -0.25) is 4.79 Å². The Morgan fingerprint density at radius 2 is 1.79 bits per heavy atom. The number of aryl methyl sites for hydroxylation is 2. The summed E-state index contributed by atoms with van der Waals surface area (Å²) in [7, 11) is 1.60. The average Bonchev–Trinajstić information content (AvgIpc) is 3.19. The van der Waals surface area contributed by atoms with Crippen LogP contribution in [0.5, 0.6) is 5.75 Å². The number of ketones is 1. The molecule has 0 N–H and O–H groups in total. The number of rotatable bonds is 6.